The molecule has 0 fully saturated rings. The van der Waals surface area contributed by atoms with Gasteiger partial charge in [0.15, 0.2) is 10.8 Å². The molecule has 0 aliphatic heterocycles. The van der Waals surface area contributed by atoms with Crippen molar-refractivity contribution < 1.29 is 13.5 Å². The third kappa shape index (κ3) is 2.96. The Morgan fingerprint density at radius 2 is 2.12 bits per heavy atom. The van der Waals surface area contributed by atoms with Gasteiger partial charge < -0.3 is 15.4 Å². The van der Waals surface area contributed by atoms with E-state index in [0.29, 0.717) is 0 Å². The minimum absolute atomic E-state index is 0.0278. The van der Waals surface area contributed by atoms with Gasteiger partial charge in [-0.2, -0.15) is 4.31 Å². The van der Waals surface area contributed by atoms with E-state index in [1.54, 1.807) is 7.05 Å². The topological polar surface area (TPSA) is 101 Å². The summed E-state index contributed by atoms with van der Waals surface area (Å²) in [6, 6.07) is 0. The summed E-state index contributed by atoms with van der Waals surface area (Å²) < 4.78 is 26.8. The van der Waals surface area contributed by atoms with Crippen LogP contribution in [-0.2, 0) is 17.1 Å². The number of aryl methyl sites for hydroxylation is 1. The molecule has 0 bridgehead atoms. The summed E-state index contributed by atoms with van der Waals surface area (Å²) in [5.74, 6) is -0.0462. The van der Waals surface area contributed by atoms with Crippen LogP contribution >= 0.6 is 0 Å². The van der Waals surface area contributed by atoms with Crippen LogP contribution in [0.25, 0.3) is 0 Å². The quantitative estimate of drug-likeness (QED) is 0.754. The number of imidazole rings is 1. The third-order valence-corrected chi connectivity index (χ3v) is 4.11. The Labute approximate surface area is 101 Å². The highest BCUT2D eigenvalue weighted by Crippen LogP contribution is 2.20. The molecule has 0 saturated heterocycles. The maximum absolute atomic E-state index is 12.2. The fourth-order valence-electron chi connectivity index (χ4n) is 1.53. The van der Waals surface area contributed by atoms with Crippen molar-refractivity contribution in [3.05, 3.63) is 6.33 Å². The average Bonchev–Trinajstić information content (AvgIpc) is 2.43. The standard InChI is InChI=1S/C9H18N4O3S/c1-9(2,14)5-13(4)17(15,16)8-7(10)11-6-12(8)3/h6,14H,5,10H2,1-4H3. The predicted octanol–water partition coefficient (Wildman–Crippen LogP) is -0.606. The lowest BCUT2D eigenvalue weighted by Crippen LogP contribution is -2.40. The Bertz CT molecular complexity index is 481. The van der Waals surface area contributed by atoms with Crippen LogP contribution in [0.15, 0.2) is 11.4 Å². The van der Waals surface area contributed by atoms with E-state index in [1.165, 1.54) is 31.8 Å². The first-order valence-electron chi connectivity index (χ1n) is 5.01. The van der Waals surface area contributed by atoms with E-state index in [-0.39, 0.29) is 17.4 Å². The molecule has 0 saturated carbocycles. The Morgan fingerprint density at radius 1 is 1.59 bits per heavy atom. The van der Waals surface area contributed by atoms with Crippen molar-refractivity contribution in [1.82, 2.24) is 13.9 Å². The highest BCUT2D eigenvalue weighted by molar-refractivity contribution is 7.89. The molecule has 0 atom stereocenters. The number of rotatable bonds is 4. The Kier molecular flexibility index (Phi) is 3.51. The molecule has 7 nitrogen and oxygen atoms in total. The maximum Gasteiger partial charge on any atom is 0.262 e. The van der Waals surface area contributed by atoms with Gasteiger partial charge in [0, 0.05) is 20.6 Å². The molecule has 0 radical (unpaired) electrons. The van der Waals surface area contributed by atoms with Crippen molar-refractivity contribution in [1.29, 1.82) is 0 Å². The first-order chi connectivity index (χ1) is 7.55. The lowest BCUT2D eigenvalue weighted by molar-refractivity contribution is 0.0639. The Hall–Kier alpha value is -1.12. The summed E-state index contributed by atoms with van der Waals surface area (Å²) in [5.41, 5.74) is 4.41. The molecular weight excluding hydrogens is 244 g/mol. The van der Waals surface area contributed by atoms with E-state index in [1.807, 2.05) is 0 Å². The van der Waals surface area contributed by atoms with E-state index in [0.717, 1.165) is 4.31 Å². The van der Waals surface area contributed by atoms with E-state index < -0.39 is 15.6 Å². The van der Waals surface area contributed by atoms with Gasteiger partial charge in [-0.3, -0.25) is 0 Å². The van der Waals surface area contributed by atoms with Crippen molar-refractivity contribution in [3.63, 3.8) is 0 Å². The van der Waals surface area contributed by atoms with Gasteiger partial charge in [0.2, 0.25) is 0 Å². The number of nitrogen functional groups attached to an aromatic ring is 1. The second-order valence-electron chi connectivity index (χ2n) is 4.62. The lowest BCUT2D eigenvalue weighted by Gasteiger charge is -2.25. The normalized spacial score (nSPS) is 13.3. The van der Waals surface area contributed by atoms with Crippen LogP contribution in [0.1, 0.15) is 13.8 Å². The smallest absolute Gasteiger partial charge is 0.262 e. The van der Waals surface area contributed by atoms with E-state index in [4.69, 9.17) is 5.73 Å². The van der Waals surface area contributed by atoms with Gasteiger partial charge in [0.25, 0.3) is 10.0 Å². The fourth-order valence-corrected chi connectivity index (χ4v) is 3.04. The Balaban J connectivity index is 3.13. The zero-order valence-electron chi connectivity index (χ0n) is 10.4. The third-order valence-electron chi connectivity index (χ3n) is 2.17. The summed E-state index contributed by atoms with van der Waals surface area (Å²) in [4.78, 5) is 3.73. The van der Waals surface area contributed by atoms with E-state index >= 15 is 0 Å². The lowest BCUT2D eigenvalue weighted by atomic mass is 10.1. The molecule has 0 spiro atoms. The monoisotopic (exact) mass is 262 g/mol. The van der Waals surface area contributed by atoms with Crippen molar-refractivity contribution in [3.8, 4) is 0 Å². The van der Waals surface area contributed by atoms with Gasteiger partial charge >= 0.3 is 0 Å². The molecule has 0 aromatic carbocycles. The molecule has 17 heavy (non-hydrogen) atoms. The fraction of sp³-hybridized carbons (Fsp3) is 0.667. The van der Waals surface area contributed by atoms with Crippen LogP contribution in [0.2, 0.25) is 0 Å². The number of aromatic nitrogens is 2. The molecule has 1 aromatic heterocycles. The van der Waals surface area contributed by atoms with Crippen molar-refractivity contribution in [2.24, 2.45) is 7.05 Å². The van der Waals surface area contributed by atoms with Gasteiger partial charge in [-0.25, -0.2) is 13.4 Å². The molecule has 0 aliphatic carbocycles. The molecule has 3 N–H and O–H groups in total. The number of nitrogens with two attached hydrogens (primary N) is 1. The summed E-state index contributed by atoms with van der Waals surface area (Å²) in [5, 5.41) is 9.56. The van der Waals surface area contributed by atoms with Crippen molar-refractivity contribution in [2.45, 2.75) is 24.5 Å². The summed E-state index contributed by atoms with van der Waals surface area (Å²) >= 11 is 0. The number of hydrogen-bond donors (Lipinski definition) is 2. The maximum atomic E-state index is 12.2. The van der Waals surface area contributed by atoms with Crippen LogP contribution in [-0.4, -0.2) is 46.6 Å². The first kappa shape index (κ1) is 13.9. The van der Waals surface area contributed by atoms with Crippen LogP contribution < -0.4 is 5.73 Å². The number of sulfonamides is 1. The Morgan fingerprint density at radius 3 is 2.47 bits per heavy atom. The van der Waals surface area contributed by atoms with Crippen LogP contribution in [0.3, 0.4) is 0 Å². The number of nitrogens with zero attached hydrogens (tertiary/aromatic N) is 3. The van der Waals surface area contributed by atoms with E-state index in [2.05, 4.69) is 4.98 Å². The molecule has 0 aliphatic rings. The number of aliphatic hydroxyl groups is 1. The minimum Gasteiger partial charge on any atom is -0.389 e. The van der Waals surface area contributed by atoms with Crippen molar-refractivity contribution >= 4 is 15.8 Å². The first-order valence-corrected chi connectivity index (χ1v) is 6.45. The molecule has 8 heteroatoms. The molecule has 0 amide bonds. The number of anilines is 1. The molecule has 98 valence electrons. The average molecular weight is 262 g/mol. The van der Waals surface area contributed by atoms with Crippen molar-refractivity contribution in [2.75, 3.05) is 19.3 Å². The van der Waals surface area contributed by atoms with Gasteiger partial charge in [-0.05, 0) is 13.8 Å². The highest BCUT2D eigenvalue weighted by atomic mass is 32.2. The van der Waals surface area contributed by atoms with Gasteiger partial charge in [-0.15, -0.1) is 0 Å². The second-order valence-corrected chi connectivity index (χ2v) is 6.58. The zero-order chi connectivity index (χ0) is 13.4. The molecule has 0 unspecified atom stereocenters. The molecule has 1 rings (SSSR count). The molecule has 1 aromatic rings. The van der Waals surface area contributed by atoms with Crippen LogP contribution in [0.4, 0.5) is 5.82 Å². The van der Waals surface area contributed by atoms with Gasteiger partial charge in [0.1, 0.15) is 0 Å². The number of hydrogen-bond acceptors (Lipinski definition) is 5. The predicted molar refractivity (Wildman–Crippen MR) is 63.7 cm³/mol. The van der Waals surface area contributed by atoms with Gasteiger partial charge in [0.05, 0.1) is 11.9 Å². The molecular formula is C9H18N4O3S. The van der Waals surface area contributed by atoms with E-state index in [9.17, 15) is 13.5 Å². The number of likely N-dealkylation sites (N-methyl/N-ethyl adjacent to an activating group) is 1. The summed E-state index contributed by atoms with van der Waals surface area (Å²) in [7, 11) is -0.803. The zero-order valence-corrected chi connectivity index (χ0v) is 11.2. The summed E-state index contributed by atoms with van der Waals surface area (Å²) in [6.07, 6.45) is 1.33. The molecule has 1 heterocycles. The summed E-state index contributed by atoms with van der Waals surface area (Å²) in [6.45, 7) is 3.04. The highest BCUT2D eigenvalue weighted by Gasteiger charge is 2.30. The second kappa shape index (κ2) is 4.28. The largest absolute Gasteiger partial charge is 0.389 e. The van der Waals surface area contributed by atoms with Crippen LogP contribution in [0, 0.1) is 0 Å². The SMILES string of the molecule is CN(CC(C)(C)O)S(=O)(=O)c1c(N)ncn1C. The minimum atomic E-state index is -3.74. The van der Waals surface area contributed by atoms with Gasteiger partial charge in [-0.1, -0.05) is 0 Å². The van der Waals surface area contributed by atoms with Crippen LogP contribution in [0.5, 0.6) is 0 Å².